The first-order chi connectivity index (χ1) is 6.95. The number of hydrogen-bond donors (Lipinski definition) is 0. The van der Waals surface area contributed by atoms with Gasteiger partial charge in [0.25, 0.3) is 0 Å². The molecule has 3 rings (SSSR count). The number of rotatable bonds is 1. The van der Waals surface area contributed by atoms with Crippen molar-refractivity contribution in [3.63, 3.8) is 0 Å². The second-order valence-electron chi connectivity index (χ2n) is 2.73. The van der Waals surface area contributed by atoms with Crippen LogP contribution >= 0.6 is 0 Å². The van der Waals surface area contributed by atoms with Crippen molar-refractivity contribution >= 4 is 11.0 Å². The van der Waals surface area contributed by atoms with Gasteiger partial charge in [-0.2, -0.15) is 0 Å². The molecule has 0 saturated carbocycles. The molecule has 0 aliphatic carbocycles. The molecule has 1 aromatic carbocycles. The van der Waals surface area contributed by atoms with Crippen molar-refractivity contribution in [1.82, 2.24) is 20.6 Å². The van der Waals surface area contributed by atoms with Crippen molar-refractivity contribution in [2.75, 3.05) is 0 Å². The maximum atomic E-state index is 4.62. The predicted molar refractivity (Wildman–Crippen MR) is 45.1 cm³/mol. The SMILES string of the molecule is c1cc(-c2cnon2)c2nonc2c1. The highest BCUT2D eigenvalue weighted by atomic mass is 16.6. The molecule has 68 valence electrons. The van der Waals surface area contributed by atoms with E-state index in [4.69, 9.17) is 0 Å². The number of aromatic nitrogens is 4. The molecule has 0 bridgehead atoms. The van der Waals surface area contributed by atoms with E-state index in [1.54, 1.807) is 0 Å². The summed E-state index contributed by atoms with van der Waals surface area (Å²) in [6.45, 7) is 0. The second kappa shape index (κ2) is 2.63. The lowest BCUT2D eigenvalue weighted by Crippen LogP contribution is -1.79. The zero-order chi connectivity index (χ0) is 9.38. The first-order valence-corrected chi connectivity index (χ1v) is 3.94. The van der Waals surface area contributed by atoms with Crippen LogP contribution in [0.15, 0.2) is 33.7 Å². The molecular weight excluding hydrogens is 184 g/mol. The van der Waals surface area contributed by atoms with Crippen LogP contribution in [0.2, 0.25) is 0 Å². The quantitative estimate of drug-likeness (QED) is 0.572. The largest absolute Gasteiger partial charge is 0.244 e. The molecule has 6 nitrogen and oxygen atoms in total. The molecule has 0 N–H and O–H groups in total. The maximum absolute atomic E-state index is 4.62. The van der Waals surface area contributed by atoms with Crippen LogP contribution in [0.25, 0.3) is 22.3 Å². The van der Waals surface area contributed by atoms with Crippen LogP contribution in [-0.2, 0) is 0 Å². The van der Waals surface area contributed by atoms with Gasteiger partial charge in [-0.1, -0.05) is 17.3 Å². The Morgan fingerprint density at radius 3 is 2.86 bits per heavy atom. The maximum Gasteiger partial charge on any atom is 0.144 e. The zero-order valence-electron chi connectivity index (χ0n) is 6.91. The van der Waals surface area contributed by atoms with Gasteiger partial charge in [0.05, 0.1) is 6.20 Å². The summed E-state index contributed by atoms with van der Waals surface area (Å²) in [5.74, 6) is 0. The van der Waals surface area contributed by atoms with E-state index >= 15 is 0 Å². The van der Waals surface area contributed by atoms with Gasteiger partial charge in [0.2, 0.25) is 0 Å². The molecule has 0 fully saturated rings. The second-order valence-corrected chi connectivity index (χ2v) is 2.73. The summed E-state index contributed by atoms with van der Waals surface area (Å²) in [5.41, 5.74) is 2.75. The summed E-state index contributed by atoms with van der Waals surface area (Å²) in [7, 11) is 0. The zero-order valence-corrected chi connectivity index (χ0v) is 6.91. The summed E-state index contributed by atoms with van der Waals surface area (Å²) >= 11 is 0. The number of hydrogen-bond acceptors (Lipinski definition) is 6. The normalized spacial score (nSPS) is 10.9. The highest BCUT2D eigenvalue weighted by molar-refractivity contribution is 5.89. The predicted octanol–water partition coefficient (Wildman–Crippen LogP) is 1.27. The number of nitrogens with zero attached hydrogens (tertiary/aromatic N) is 4. The highest BCUT2D eigenvalue weighted by Crippen LogP contribution is 2.23. The van der Waals surface area contributed by atoms with Crippen LogP contribution in [0.1, 0.15) is 0 Å². The van der Waals surface area contributed by atoms with Gasteiger partial charge in [0.1, 0.15) is 16.7 Å². The minimum Gasteiger partial charge on any atom is -0.244 e. The van der Waals surface area contributed by atoms with E-state index in [-0.39, 0.29) is 0 Å². The van der Waals surface area contributed by atoms with Crippen LogP contribution in [0, 0.1) is 0 Å². The summed E-state index contributed by atoms with van der Waals surface area (Å²) in [6.07, 6.45) is 1.52. The molecule has 0 radical (unpaired) electrons. The van der Waals surface area contributed by atoms with E-state index in [1.807, 2.05) is 18.2 Å². The Morgan fingerprint density at radius 1 is 1.00 bits per heavy atom. The van der Waals surface area contributed by atoms with Crippen LogP contribution < -0.4 is 0 Å². The fraction of sp³-hybridized carbons (Fsp3) is 0. The molecule has 0 amide bonds. The van der Waals surface area contributed by atoms with Gasteiger partial charge in [0, 0.05) is 5.56 Å². The lowest BCUT2D eigenvalue weighted by Gasteiger charge is -1.92. The summed E-state index contributed by atoms with van der Waals surface area (Å²) in [6, 6.07) is 5.51. The minimum atomic E-state index is 0.617. The van der Waals surface area contributed by atoms with Crippen molar-refractivity contribution in [2.45, 2.75) is 0 Å². The Bertz CT molecular complexity index is 558. The fourth-order valence-corrected chi connectivity index (χ4v) is 1.30. The lowest BCUT2D eigenvalue weighted by molar-refractivity contribution is 0.308. The smallest absolute Gasteiger partial charge is 0.144 e. The van der Waals surface area contributed by atoms with Gasteiger partial charge in [0.15, 0.2) is 0 Å². The van der Waals surface area contributed by atoms with Gasteiger partial charge in [-0.05, 0) is 21.5 Å². The first-order valence-electron chi connectivity index (χ1n) is 3.94. The standard InChI is InChI=1S/C8H4N4O2/c1-2-5(7-4-9-13-11-7)8-6(3-1)10-14-12-8/h1-4H. The Morgan fingerprint density at radius 2 is 2.00 bits per heavy atom. The summed E-state index contributed by atoms with van der Waals surface area (Å²) in [5, 5.41) is 14.7. The van der Waals surface area contributed by atoms with E-state index < -0.39 is 0 Å². The van der Waals surface area contributed by atoms with Gasteiger partial charge >= 0.3 is 0 Å². The molecule has 0 unspecified atom stereocenters. The van der Waals surface area contributed by atoms with E-state index in [1.165, 1.54) is 6.20 Å². The molecule has 3 aromatic rings. The Labute approximate surface area is 77.4 Å². The van der Waals surface area contributed by atoms with E-state index in [9.17, 15) is 0 Å². The van der Waals surface area contributed by atoms with Crippen LogP contribution in [0.3, 0.4) is 0 Å². The molecule has 0 saturated heterocycles. The molecule has 0 aliphatic rings. The Kier molecular flexibility index (Phi) is 1.35. The fourth-order valence-electron chi connectivity index (χ4n) is 1.30. The third kappa shape index (κ3) is 0.905. The first kappa shape index (κ1) is 7.19. The molecular formula is C8H4N4O2. The van der Waals surface area contributed by atoms with E-state index in [0.29, 0.717) is 16.7 Å². The van der Waals surface area contributed by atoms with Gasteiger partial charge in [-0.3, -0.25) is 0 Å². The van der Waals surface area contributed by atoms with Crippen molar-refractivity contribution in [3.8, 4) is 11.3 Å². The number of benzene rings is 1. The van der Waals surface area contributed by atoms with Gasteiger partial charge < -0.3 is 0 Å². The third-order valence-corrected chi connectivity index (χ3v) is 1.92. The van der Waals surface area contributed by atoms with E-state index in [2.05, 4.69) is 29.9 Å². The van der Waals surface area contributed by atoms with Gasteiger partial charge in [-0.15, -0.1) is 0 Å². The molecule has 6 heteroatoms. The van der Waals surface area contributed by atoms with Crippen molar-refractivity contribution in [1.29, 1.82) is 0 Å². The lowest BCUT2D eigenvalue weighted by atomic mass is 10.1. The van der Waals surface area contributed by atoms with Crippen molar-refractivity contribution in [3.05, 3.63) is 24.4 Å². The average Bonchev–Trinajstić information content (AvgIpc) is 2.88. The molecule has 0 aliphatic heterocycles. The number of fused-ring (bicyclic) bond motifs is 1. The van der Waals surface area contributed by atoms with E-state index in [0.717, 1.165) is 5.56 Å². The highest BCUT2D eigenvalue weighted by Gasteiger charge is 2.10. The monoisotopic (exact) mass is 188 g/mol. The van der Waals surface area contributed by atoms with Crippen molar-refractivity contribution in [2.24, 2.45) is 0 Å². The van der Waals surface area contributed by atoms with Crippen LogP contribution in [0.4, 0.5) is 0 Å². The summed E-state index contributed by atoms with van der Waals surface area (Å²) < 4.78 is 9.14. The van der Waals surface area contributed by atoms with Crippen molar-refractivity contribution < 1.29 is 9.26 Å². The minimum absolute atomic E-state index is 0.617. The Hall–Kier alpha value is -2.24. The average molecular weight is 188 g/mol. The molecule has 14 heavy (non-hydrogen) atoms. The van der Waals surface area contributed by atoms with Crippen LogP contribution in [0.5, 0.6) is 0 Å². The Balaban J connectivity index is 2.36. The van der Waals surface area contributed by atoms with Crippen LogP contribution in [-0.4, -0.2) is 20.6 Å². The van der Waals surface area contributed by atoms with Gasteiger partial charge in [-0.25, -0.2) is 9.26 Å². The molecule has 2 aromatic heterocycles. The molecule has 2 heterocycles. The summed E-state index contributed by atoms with van der Waals surface area (Å²) in [4.78, 5) is 0. The molecule has 0 atom stereocenters. The molecule has 0 spiro atoms. The topological polar surface area (TPSA) is 77.8 Å². The third-order valence-electron chi connectivity index (χ3n) is 1.92.